The van der Waals surface area contributed by atoms with Crippen molar-refractivity contribution in [3.05, 3.63) is 23.8 Å². The Kier molecular flexibility index (Phi) is 8.91. The van der Waals surface area contributed by atoms with Crippen LogP contribution in [0.3, 0.4) is 0 Å². The summed E-state index contributed by atoms with van der Waals surface area (Å²) in [5, 5.41) is 3.66. The largest absolute Gasteiger partial charge is 0.493 e. The minimum atomic E-state index is 0.404. The predicted molar refractivity (Wildman–Crippen MR) is 89.3 cm³/mol. The molecule has 0 amide bonds. The fourth-order valence-electron chi connectivity index (χ4n) is 2.55. The number of hydrogen-bond donors (Lipinski definition) is 1. The summed E-state index contributed by atoms with van der Waals surface area (Å²) in [6.07, 6.45) is 7.52. The van der Waals surface area contributed by atoms with E-state index in [4.69, 9.17) is 9.47 Å². The minimum absolute atomic E-state index is 0.404. The SMILES string of the molecule is CCCCCCC(NCCC)c1ccc(OC)c(OC)c1. The number of ether oxygens (including phenoxy) is 2. The zero-order valence-corrected chi connectivity index (χ0v) is 14.1. The third-order valence-electron chi connectivity index (χ3n) is 3.80. The first-order valence-corrected chi connectivity index (χ1v) is 8.22. The van der Waals surface area contributed by atoms with Gasteiger partial charge in [-0.3, -0.25) is 0 Å². The molecule has 1 unspecified atom stereocenters. The van der Waals surface area contributed by atoms with Crippen LogP contribution in [-0.2, 0) is 0 Å². The van der Waals surface area contributed by atoms with Crippen molar-refractivity contribution in [1.82, 2.24) is 5.32 Å². The summed E-state index contributed by atoms with van der Waals surface area (Å²) in [5.74, 6) is 1.60. The Bertz CT molecular complexity index is 393. The topological polar surface area (TPSA) is 30.5 Å². The average molecular weight is 293 g/mol. The van der Waals surface area contributed by atoms with E-state index >= 15 is 0 Å². The molecule has 21 heavy (non-hydrogen) atoms. The zero-order chi connectivity index (χ0) is 15.5. The van der Waals surface area contributed by atoms with Crippen molar-refractivity contribution in [2.75, 3.05) is 20.8 Å². The lowest BCUT2D eigenvalue weighted by atomic mass is 9.99. The maximum absolute atomic E-state index is 5.42. The Labute approximate surface area is 130 Å². The Morgan fingerprint density at radius 1 is 0.952 bits per heavy atom. The van der Waals surface area contributed by atoms with E-state index in [2.05, 4.69) is 31.3 Å². The van der Waals surface area contributed by atoms with Gasteiger partial charge in [-0.25, -0.2) is 0 Å². The number of methoxy groups -OCH3 is 2. The fraction of sp³-hybridized carbons (Fsp3) is 0.667. The second kappa shape index (κ2) is 10.5. The lowest BCUT2D eigenvalue weighted by Gasteiger charge is -2.20. The van der Waals surface area contributed by atoms with E-state index in [-0.39, 0.29) is 0 Å². The first-order valence-electron chi connectivity index (χ1n) is 8.22. The quantitative estimate of drug-likeness (QED) is 0.599. The molecule has 1 aromatic carbocycles. The summed E-state index contributed by atoms with van der Waals surface area (Å²) in [6.45, 7) is 5.50. The van der Waals surface area contributed by atoms with Crippen molar-refractivity contribution < 1.29 is 9.47 Å². The molecule has 0 fully saturated rings. The maximum atomic E-state index is 5.42. The van der Waals surface area contributed by atoms with Gasteiger partial charge >= 0.3 is 0 Å². The second-order valence-electron chi connectivity index (χ2n) is 5.47. The molecule has 3 nitrogen and oxygen atoms in total. The molecular formula is C18H31NO2. The van der Waals surface area contributed by atoms with Crippen LogP contribution in [0.2, 0.25) is 0 Å². The van der Waals surface area contributed by atoms with Gasteiger partial charge in [0.25, 0.3) is 0 Å². The standard InChI is InChI=1S/C18H31NO2/c1-5-7-8-9-10-16(19-13-6-2)15-11-12-17(20-3)18(14-15)21-4/h11-12,14,16,19H,5-10,13H2,1-4H3. The first kappa shape index (κ1) is 17.8. The zero-order valence-electron chi connectivity index (χ0n) is 14.1. The van der Waals surface area contributed by atoms with E-state index in [0.29, 0.717) is 6.04 Å². The smallest absolute Gasteiger partial charge is 0.161 e. The Morgan fingerprint density at radius 2 is 1.71 bits per heavy atom. The van der Waals surface area contributed by atoms with Crippen molar-refractivity contribution >= 4 is 0 Å². The van der Waals surface area contributed by atoms with E-state index in [9.17, 15) is 0 Å². The van der Waals surface area contributed by atoms with Gasteiger partial charge in [0.2, 0.25) is 0 Å². The lowest BCUT2D eigenvalue weighted by molar-refractivity contribution is 0.353. The number of benzene rings is 1. The van der Waals surface area contributed by atoms with E-state index in [1.54, 1.807) is 14.2 Å². The molecular weight excluding hydrogens is 262 g/mol. The van der Waals surface area contributed by atoms with Crippen molar-refractivity contribution in [2.24, 2.45) is 0 Å². The maximum Gasteiger partial charge on any atom is 0.161 e. The molecule has 3 heteroatoms. The minimum Gasteiger partial charge on any atom is -0.493 e. The highest BCUT2D eigenvalue weighted by atomic mass is 16.5. The van der Waals surface area contributed by atoms with Gasteiger partial charge in [-0.2, -0.15) is 0 Å². The molecule has 0 aromatic heterocycles. The van der Waals surface area contributed by atoms with Crippen LogP contribution >= 0.6 is 0 Å². The molecule has 120 valence electrons. The lowest BCUT2D eigenvalue weighted by Crippen LogP contribution is -2.22. The van der Waals surface area contributed by atoms with E-state index in [1.807, 2.05) is 6.07 Å². The van der Waals surface area contributed by atoms with Crippen LogP contribution in [0.4, 0.5) is 0 Å². The van der Waals surface area contributed by atoms with Gasteiger partial charge in [-0.1, -0.05) is 45.6 Å². The molecule has 0 aliphatic rings. The summed E-state index contributed by atoms with van der Waals surface area (Å²) in [5.41, 5.74) is 1.29. The van der Waals surface area contributed by atoms with Gasteiger partial charge in [0.1, 0.15) is 0 Å². The third-order valence-corrected chi connectivity index (χ3v) is 3.80. The van der Waals surface area contributed by atoms with Crippen LogP contribution in [0.25, 0.3) is 0 Å². The summed E-state index contributed by atoms with van der Waals surface area (Å²) in [4.78, 5) is 0. The highest BCUT2D eigenvalue weighted by Crippen LogP contribution is 2.31. The summed E-state index contributed by atoms with van der Waals surface area (Å²) in [6, 6.07) is 6.66. The molecule has 1 aromatic rings. The van der Waals surface area contributed by atoms with E-state index in [0.717, 1.165) is 24.5 Å². The van der Waals surface area contributed by atoms with Crippen LogP contribution < -0.4 is 14.8 Å². The van der Waals surface area contributed by atoms with Gasteiger partial charge < -0.3 is 14.8 Å². The number of unbranched alkanes of at least 4 members (excludes halogenated alkanes) is 3. The monoisotopic (exact) mass is 293 g/mol. The molecule has 0 heterocycles. The van der Waals surface area contributed by atoms with Gasteiger partial charge in [0.05, 0.1) is 14.2 Å². The molecule has 1 atom stereocenters. The van der Waals surface area contributed by atoms with E-state index < -0.39 is 0 Å². The van der Waals surface area contributed by atoms with E-state index in [1.165, 1.54) is 37.7 Å². The van der Waals surface area contributed by atoms with Gasteiger partial charge in [0.15, 0.2) is 11.5 Å². The Hall–Kier alpha value is -1.22. The van der Waals surface area contributed by atoms with Crippen molar-refractivity contribution in [2.45, 2.75) is 58.4 Å². The van der Waals surface area contributed by atoms with Crippen molar-refractivity contribution in [3.63, 3.8) is 0 Å². The van der Waals surface area contributed by atoms with Crippen LogP contribution in [0.15, 0.2) is 18.2 Å². The Balaban J connectivity index is 2.76. The van der Waals surface area contributed by atoms with Gasteiger partial charge in [0, 0.05) is 6.04 Å². The number of nitrogens with one attached hydrogen (secondary N) is 1. The number of rotatable bonds is 11. The molecule has 0 saturated carbocycles. The number of hydrogen-bond acceptors (Lipinski definition) is 3. The molecule has 0 bridgehead atoms. The van der Waals surface area contributed by atoms with Crippen molar-refractivity contribution in [1.29, 1.82) is 0 Å². The van der Waals surface area contributed by atoms with Gasteiger partial charge in [-0.05, 0) is 37.1 Å². The van der Waals surface area contributed by atoms with Gasteiger partial charge in [-0.15, -0.1) is 0 Å². The summed E-state index contributed by atoms with van der Waals surface area (Å²) < 4.78 is 10.7. The highest BCUT2D eigenvalue weighted by molar-refractivity contribution is 5.43. The molecule has 1 N–H and O–H groups in total. The second-order valence-corrected chi connectivity index (χ2v) is 5.47. The molecule has 0 aliphatic heterocycles. The predicted octanol–water partition coefficient (Wildman–Crippen LogP) is 4.71. The van der Waals surface area contributed by atoms with Crippen LogP contribution in [-0.4, -0.2) is 20.8 Å². The summed E-state index contributed by atoms with van der Waals surface area (Å²) in [7, 11) is 3.37. The van der Waals surface area contributed by atoms with Crippen LogP contribution in [0.5, 0.6) is 11.5 Å². The van der Waals surface area contributed by atoms with Crippen molar-refractivity contribution in [3.8, 4) is 11.5 Å². The summed E-state index contributed by atoms with van der Waals surface area (Å²) >= 11 is 0. The molecule has 0 radical (unpaired) electrons. The molecule has 1 rings (SSSR count). The molecule has 0 aliphatic carbocycles. The highest BCUT2D eigenvalue weighted by Gasteiger charge is 2.13. The Morgan fingerprint density at radius 3 is 2.33 bits per heavy atom. The van der Waals surface area contributed by atoms with Crippen LogP contribution in [0.1, 0.15) is 64.0 Å². The fourth-order valence-corrected chi connectivity index (χ4v) is 2.55. The average Bonchev–Trinajstić information content (AvgIpc) is 2.53. The normalized spacial score (nSPS) is 12.2. The molecule has 0 saturated heterocycles. The first-order chi connectivity index (χ1) is 10.3. The van der Waals surface area contributed by atoms with Crippen LogP contribution in [0, 0.1) is 0 Å². The third kappa shape index (κ3) is 5.96. The molecule has 0 spiro atoms.